The molecule has 0 aromatic carbocycles. The summed E-state index contributed by atoms with van der Waals surface area (Å²) in [5, 5.41) is -0.962. The zero-order valence-corrected chi connectivity index (χ0v) is 9.55. The third-order valence-electron chi connectivity index (χ3n) is 1.67. The molecule has 0 aliphatic rings. The van der Waals surface area contributed by atoms with Crippen molar-refractivity contribution in [2.45, 2.75) is 12.2 Å². The molecular formula is C7H10N4O2S2. The highest BCUT2D eigenvalue weighted by Gasteiger charge is 2.23. The Labute approximate surface area is 93.0 Å². The van der Waals surface area contributed by atoms with Crippen molar-refractivity contribution in [2.24, 2.45) is 5.73 Å². The van der Waals surface area contributed by atoms with E-state index in [0.717, 1.165) is 0 Å². The molecule has 1 unspecified atom stereocenters. The van der Waals surface area contributed by atoms with Crippen molar-refractivity contribution in [3.05, 3.63) is 18.5 Å². The summed E-state index contributed by atoms with van der Waals surface area (Å²) in [5.74, 6) is 0.000556. The average molecular weight is 246 g/mol. The highest BCUT2D eigenvalue weighted by atomic mass is 32.2. The summed E-state index contributed by atoms with van der Waals surface area (Å²) in [4.78, 5) is 7.34. The summed E-state index contributed by atoms with van der Waals surface area (Å²) in [6, 6.07) is 1.58. The molecule has 1 rings (SSSR count). The van der Waals surface area contributed by atoms with Crippen LogP contribution < -0.4 is 10.5 Å². The van der Waals surface area contributed by atoms with Gasteiger partial charge in [0.1, 0.15) is 5.25 Å². The van der Waals surface area contributed by atoms with Crippen LogP contribution in [0.2, 0.25) is 0 Å². The number of anilines is 1. The zero-order chi connectivity index (χ0) is 11.5. The molecule has 0 aliphatic heterocycles. The summed E-state index contributed by atoms with van der Waals surface area (Å²) in [6.45, 7) is 1.40. The predicted molar refractivity (Wildman–Crippen MR) is 60.8 cm³/mol. The number of nitrogens with two attached hydrogens (primary N) is 1. The molecule has 1 aromatic rings. The van der Waals surface area contributed by atoms with Gasteiger partial charge >= 0.3 is 0 Å². The summed E-state index contributed by atoms with van der Waals surface area (Å²) in [5.41, 5.74) is 5.25. The smallest absolute Gasteiger partial charge is 0.244 e. The molecule has 0 saturated carbocycles. The van der Waals surface area contributed by atoms with Gasteiger partial charge in [0.15, 0.2) is 0 Å². The van der Waals surface area contributed by atoms with Crippen LogP contribution in [-0.2, 0) is 10.0 Å². The van der Waals surface area contributed by atoms with Crippen LogP contribution in [0.5, 0.6) is 0 Å². The van der Waals surface area contributed by atoms with E-state index in [9.17, 15) is 8.42 Å². The molecule has 3 N–H and O–H groups in total. The number of nitrogens with zero attached hydrogens (tertiary/aromatic N) is 2. The summed E-state index contributed by atoms with van der Waals surface area (Å²) in [7, 11) is -3.65. The first-order chi connectivity index (χ1) is 6.93. The highest BCUT2D eigenvalue weighted by molar-refractivity contribution is 7.95. The Kier molecular flexibility index (Phi) is 3.53. The van der Waals surface area contributed by atoms with Crippen molar-refractivity contribution >= 4 is 33.2 Å². The molecule has 0 spiro atoms. The standard InChI is InChI=1S/C7H10N4O2S2/c1-5(6(8)14)15(12,13)11-7-9-3-2-4-10-7/h2-5H,1H3,(H2,8,14)(H,9,10,11). The summed E-state index contributed by atoms with van der Waals surface area (Å²) < 4.78 is 25.3. The topological polar surface area (TPSA) is 98.0 Å². The minimum atomic E-state index is -3.65. The third kappa shape index (κ3) is 3.10. The Bertz CT molecular complexity index is 445. The van der Waals surface area contributed by atoms with Gasteiger partial charge in [0, 0.05) is 12.4 Å². The first kappa shape index (κ1) is 11.8. The second kappa shape index (κ2) is 4.49. The van der Waals surface area contributed by atoms with Crippen LogP contribution in [-0.4, -0.2) is 28.6 Å². The molecule has 0 amide bonds. The maximum Gasteiger partial charge on any atom is 0.244 e. The van der Waals surface area contributed by atoms with Gasteiger partial charge in [0.05, 0.1) is 4.99 Å². The molecule has 0 bridgehead atoms. The molecule has 15 heavy (non-hydrogen) atoms. The maximum absolute atomic E-state index is 11.6. The molecule has 8 heteroatoms. The Balaban J connectivity index is 2.87. The normalized spacial score (nSPS) is 13.1. The minimum absolute atomic E-state index is 0.000556. The first-order valence-corrected chi connectivity index (χ1v) is 5.97. The lowest BCUT2D eigenvalue weighted by Gasteiger charge is -2.11. The molecule has 1 aromatic heterocycles. The van der Waals surface area contributed by atoms with Crippen LogP contribution >= 0.6 is 12.2 Å². The van der Waals surface area contributed by atoms with Crippen molar-refractivity contribution in [3.8, 4) is 0 Å². The molecule has 1 heterocycles. The van der Waals surface area contributed by atoms with E-state index in [1.165, 1.54) is 19.3 Å². The molecule has 1 atom stereocenters. The molecular weight excluding hydrogens is 236 g/mol. The van der Waals surface area contributed by atoms with Gasteiger partial charge in [-0.3, -0.25) is 4.72 Å². The second-order valence-corrected chi connectivity index (χ2v) is 5.24. The van der Waals surface area contributed by atoms with E-state index >= 15 is 0 Å². The largest absolute Gasteiger partial charge is 0.392 e. The van der Waals surface area contributed by atoms with Gasteiger partial charge in [-0.05, 0) is 13.0 Å². The van der Waals surface area contributed by atoms with E-state index < -0.39 is 15.3 Å². The van der Waals surface area contributed by atoms with E-state index in [4.69, 9.17) is 5.73 Å². The number of nitrogens with one attached hydrogen (secondary N) is 1. The van der Waals surface area contributed by atoms with E-state index in [1.807, 2.05) is 0 Å². The van der Waals surface area contributed by atoms with Gasteiger partial charge < -0.3 is 5.73 Å². The van der Waals surface area contributed by atoms with Gasteiger partial charge in [0.25, 0.3) is 0 Å². The summed E-state index contributed by atoms with van der Waals surface area (Å²) >= 11 is 4.60. The van der Waals surface area contributed by atoms with Gasteiger partial charge in [0.2, 0.25) is 16.0 Å². The Hall–Kier alpha value is -1.28. The van der Waals surface area contributed by atoms with Crippen LogP contribution in [0.1, 0.15) is 6.92 Å². The first-order valence-electron chi connectivity index (χ1n) is 4.01. The molecule has 0 aliphatic carbocycles. The second-order valence-electron chi connectivity index (χ2n) is 2.76. The van der Waals surface area contributed by atoms with Gasteiger partial charge in [-0.25, -0.2) is 18.4 Å². The van der Waals surface area contributed by atoms with Crippen molar-refractivity contribution in [1.82, 2.24) is 9.97 Å². The van der Waals surface area contributed by atoms with Crippen LogP contribution in [0.4, 0.5) is 5.95 Å². The lowest BCUT2D eigenvalue weighted by Crippen LogP contribution is -2.36. The SMILES string of the molecule is CC(C(N)=S)S(=O)(=O)Nc1ncccn1. The fraction of sp³-hybridized carbons (Fsp3) is 0.286. The highest BCUT2D eigenvalue weighted by Crippen LogP contribution is 2.05. The molecule has 82 valence electrons. The van der Waals surface area contributed by atoms with Crippen LogP contribution in [0.3, 0.4) is 0 Å². The fourth-order valence-corrected chi connectivity index (χ4v) is 1.94. The third-order valence-corrected chi connectivity index (χ3v) is 3.82. The maximum atomic E-state index is 11.6. The van der Waals surface area contributed by atoms with Crippen LogP contribution in [0.15, 0.2) is 18.5 Å². The number of sulfonamides is 1. The van der Waals surface area contributed by atoms with Crippen molar-refractivity contribution < 1.29 is 8.42 Å². The average Bonchev–Trinajstić information content (AvgIpc) is 2.17. The predicted octanol–water partition coefficient (Wildman–Crippen LogP) is -0.107. The number of rotatable bonds is 4. The summed E-state index contributed by atoms with van der Waals surface area (Å²) in [6.07, 6.45) is 2.85. The monoisotopic (exact) mass is 246 g/mol. The molecule has 0 saturated heterocycles. The van der Waals surface area contributed by atoms with Gasteiger partial charge in [-0.15, -0.1) is 0 Å². The number of aromatic nitrogens is 2. The van der Waals surface area contributed by atoms with Crippen LogP contribution in [0.25, 0.3) is 0 Å². The Morgan fingerprint density at radius 2 is 2.07 bits per heavy atom. The van der Waals surface area contributed by atoms with E-state index in [0.29, 0.717) is 0 Å². The lowest BCUT2D eigenvalue weighted by atomic mass is 10.5. The quantitative estimate of drug-likeness (QED) is 0.719. The van der Waals surface area contributed by atoms with Crippen molar-refractivity contribution in [3.63, 3.8) is 0 Å². The van der Waals surface area contributed by atoms with Gasteiger partial charge in [-0.2, -0.15) is 0 Å². The molecule has 0 radical (unpaired) electrons. The van der Waals surface area contributed by atoms with E-state index in [2.05, 4.69) is 26.9 Å². The Morgan fingerprint density at radius 1 is 1.53 bits per heavy atom. The van der Waals surface area contributed by atoms with Gasteiger partial charge in [-0.1, -0.05) is 12.2 Å². The number of thiocarbonyl (C=S) groups is 1. The van der Waals surface area contributed by atoms with Crippen LogP contribution in [0, 0.1) is 0 Å². The fourth-order valence-electron chi connectivity index (χ4n) is 0.720. The van der Waals surface area contributed by atoms with Crippen molar-refractivity contribution in [2.75, 3.05) is 4.72 Å². The Morgan fingerprint density at radius 3 is 2.53 bits per heavy atom. The molecule has 6 nitrogen and oxygen atoms in total. The van der Waals surface area contributed by atoms with E-state index in [1.54, 1.807) is 6.07 Å². The molecule has 0 fully saturated rings. The zero-order valence-electron chi connectivity index (χ0n) is 7.91. The number of hydrogen-bond donors (Lipinski definition) is 2. The van der Waals surface area contributed by atoms with E-state index in [-0.39, 0.29) is 10.9 Å². The van der Waals surface area contributed by atoms with Crippen molar-refractivity contribution in [1.29, 1.82) is 0 Å². The minimum Gasteiger partial charge on any atom is -0.392 e. The number of hydrogen-bond acceptors (Lipinski definition) is 5. The lowest BCUT2D eigenvalue weighted by molar-refractivity contribution is 0.598.